The molecule has 7 nitrogen and oxygen atoms in total. The summed E-state index contributed by atoms with van der Waals surface area (Å²) < 4.78 is 56.9. The van der Waals surface area contributed by atoms with Crippen molar-refractivity contribution in [2.45, 2.75) is 12.9 Å². The Morgan fingerprint density at radius 2 is 2.07 bits per heavy atom. The fourth-order valence-corrected chi connectivity index (χ4v) is 2.94. The summed E-state index contributed by atoms with van der Waals surface area (Å²) in [6.45, 7) is -0.233. The van der Waals surface area contributed by atoms with Crippen molar-refractivity contribution in [2.24, 2.45) is 7.05 Å². The lowest BCUT2D eigenvalue weighted by molar-refractivity contribution is -0.274. The second-order valence-electron chi connectivity index (χ2n) is 5.97. The molecule has 0 fully saturated rings. The van der Waals surface area contributed by atoms with Crippen molar-refractivity contribution in [3.05, 3.63) is 47.5 Å². The van der Waals surface area contributed by atoms with Gasteiger partial charge in [-0.2, -0.15) is 5.26 Å². The molecule has 0 aliphatic heterocycles. The summed E-state index contributed by atoms with van der Waals surface area (Å²) in [5.41, 5.74) is 1.10. The normalized spacial score (nSPS) is 11.3. The van der Waals surface area contributed by atoms with Gasteiger partial charge < -0.3 is 19.7 Å². The second kappa shape index (κ2) is 7.31. The number of hydrogen-bond acceptors (Lipinski definition) is 4. The Hall–Kier alpha value is -3.81. The van der Waals surface area contributed by atoms with E-state index in [0.29, 0.717) is 11.6 Å². The number of carboxylic acid groups (broad SMARTS) is 1. The van der Waals surface area contributed by atoms with E-state index in [1.807, 2.05) is 6.07 Å². The van der Waals surface area contributed by atoms with Gasteiger partial charge in [-0.25, -0.2) is 14.2 Å². The van der Waals surface area contributed by atoms with Gasteiger partial charge in [-0.15, -0.1) is 13.2 Å². The minimum Gasteiger partial charge on any atom is -0.465 e. The fraction of sp³-hybridized carbons (Fsp3) is 0.167. The van der Waals surface area contributed by atoms with Crippen LogP contribution in [0.25, 0.3) is 22.2 Å². The van der Waals surface area contributed by atoms with Crippen LogP contribution < -0.4 is 10.1 Å². The molecule has 2 N–H and O–H groups in total. The molecule has 0 bridgehead atoms. The van der Waals surface area contributed by atoms with Crippen LogP contribution in [0.5, 0.6) is 5.75 Å². The Balaban J connectivity index is 2.19. The molecule has 11 heteroatoms. The highest BCUT2D eigenvalue weighted by atomic mass is 19.4. The average Bonchev–Trinajstić information content (AvgIpc) is 3.00. The van der Waals surface area contributed by atoms with Gasteiger partial charge in [0.25, 0.3) is 0 Å². The van der Waals surface area contributed by atoms with E-state index in [0.717, 1.165) is 12.1 Å². The molecule has 0 atom stereocenters. The number of benzene rings is 2. The molecule has 1 amide bonds. The zero-order valence-corrected chi connectivity index (χ0v) is 14.7. The lowest BCUT2D eigenvalue weighted by Gasteiger charge is -2.13. The molecule has 0 unspecified atom stereocenters. The molecule has 1 aromatic heterocycles. The van der Waals surface area contributed by atoms with E-state index in [1.165, 1.54) is 17.0 Å². The highest BCUT2D eigenvalue weighted by Gasteiger charge is 2.31. The van der Waals surface area contributed by atoms with Gasteiger partial charge in [0.05, 0.1) is 22.9 Å². The smallest absolute Gasteiger partial charge is 0.465 e. The number of aryl methyl sites for hydroxylation is 1. The van der Waals surface area contributed by atoms with E-state index in [4.69, 9.17) is 5.11 Å². The molecule has 0 aliphatic carbocycles. The molecule has 0 saturated heterocycles. The molecular formula is C18H12F4N4O3. The van der Waals surface area contributed by atoms with Crippen LogP contribution in [0, 0.1) is 17.1 Å². The van der Waals surface area contributed by atoms with Gasteiger partial charge in [0.2, 0.25) is 0 Å². The fourth-order valence-electron chi connectivity index (χ4n) is 2.94. The largest absolute Gasteiger partial charge is 0.573 e. The predicted molar refractivity (Wildman–Crippen MR) is 92.4 cm³/mol. The van der Waals surface area contributed by atoms with Crippen LogP contribution >= 0.6 is 0 Å². The average molecular weight is 408 g/mol. The molecule has 3 rings (SSSR count). The molecule has 0 radical (unpaired) electrons. The third-order valence-electron chi connectivity index (χ3n) is 4.07. The number of aromatic nitrogens is 2. The van der Waals surface area contributed by atoms with Crippen LogP contribution in [-0.2, 0) is 13.6 Å². The summed E-state index contributed by atoms with van der Waals surface area (Å²) >= 11 is 0. The van der Waals surface area contributed by atoms with Crippen LogP contribution in [-0.4, -0.2) is 27.1 Å². The van der Waals surface area contributed by atoms with Crippen molar-refractivity contribution in [3.8, 4) is 22.9 Å². The first-order valence-electron chi connectivity index (χ1n) is 8.00. The number of nitrogens with zero attached hydrogens (tertiary/aromatic N) is 3. The van der Waals surface area contributed by atoms with Gasteiger partial charge in [0.15, 0.2) is 0 Å². The van der Waals surface area contributed by atoms with E-state index in [1.54, 1.807) is 7.05 Å². The minimum atomic E-state index is -4.97. The SMILES string of the molecule is Cn1cnc2c(-c3ccc(OC(F)(F)F)cc3F)cc(CNC(=O)O)c(C#N)c21. The molecule has 29 heavy (non-hydrogen) atoms. The lowest BCUT2D eigenvalue weighted by Crippen LogP contribution is -2.20. The Morgan fingerprint density at radius 3 is 2.66 bits per heavy atom. The van der Waals surface area contributed by atoms with Crippen molar-refractivity contribution in [2.75, 3.05) is 0 Å². The van der Waals surface area contributed by atoms with Gasteiger partial charge in [0, 0.05) is 30.8 Å². The van der Waals surface area contributed by atoms with Crippen LogP contribution in [0.15, 0.2) is 30.6 Å². The number of halogens is 4. The number of imidazole rings is 1. The number of nitrogens with one attached hydrogen (secondary N) is 1. The quantitative estimate of drug-likeness (QED) is 0.638. The summed E-state index contributed by atoms with van der Waals surface area (Å²) in [6, 6.07) is 6.00. The first kappa shape index (κ1) is 19.9. The number of rotatable bonds is 4. The maximum Gasteiger partial charge on any atom is 0.573 e. The first-order valence-corrected chi connectivity index (χ1v) is 8.00. The number of hydrogen-bond donors (Lipinski definition) is 2. The highest BCUT2D eigenvalue weighted by molar-refractivity contribution is 5.96. The monoisotopic (exact) mass is 408 g/mol. The van der Waals surface area contributed by atoms with Crippen molar-refractivity contribution in [3.63, 3.8) is 0 Å². The summed E-state index contributed by atoms with van der Waals surface area (Å²) in [7, 11) is 1.60. The van der Waals surface area contributed by atoms with Crippen molar-refractivity contribution in [1.82, 2.24) is 14.9 Å². The third-order valence-corrected chi connectivity index (χ3v) is 4.07. The van der Waals surface area contributed by atoms with Gasteiger partial charge in [-0.05, 0) is 23.8 Å². The topological polar surface area (TPSA) is 100 Å². The number of amides is 1. The standard InChI is InChI=1S/C18H12F4N4O3/c1-26-8-25-15-12(4-9(7-24-17(27)28)13(6-23)16(15)26)11-3-2-10(5-14(11)19)29-18(20,21)22/h2-5,8,24H,7H2,1H3,(H,27,28). The lowest BCUT2D eigenvalue weighted by atomic mass is 9.96. The van der Waals surface area contributed by atoms with Gasteiger partial charge in [0.1, 0.15) is 17.6 Å². The zero-order valence-electron chi connectivity index (χ0n) is 14.7. The molecule has 3 aromatic rings. The van der Waals surface area contributed by atoms with Gasteiger partial charge >= 0.3 is 12.5 Å². The number of ether oxygens (including phenoxy) is 1. The van der Waals surface area contributed by atoms with Gasteiger partial charge in [-0.3, -0.25) is 0 Å². The maximum absolute atomic E-state index is 14.6. The van der Waals surface area contributed by atoms with Crippen LogP contribution in [0.2, 0.25) is 0 Å². The summed E-state index contributed by atoms with van der Waals surface area (Å²) in [5, 5.41) is 20.5. The Bertz CT molecular complexity index is 1150. The highest BCUT2D eigenvalue weighted by Crippen LogP contribution is 2.35. The third kappa shape index (κ3) is 4.06. The summed E-state index contributed by atoms with van der Waals surface area (Å²) in [6.07, 6.45) is -4.89. The molecule has 0 aliphatic rings. The number of nitriles is 1. The van der Waals surface area contributed by atoms with Crippen molar-refractivity contribution < 1.29 is 32.2 Å². The first-order chi connectivity index (χ1) is 13.6. The minimum absolute atomic E-state index is 0.0794. The Morgan fingerprint density at radius 1 is 1.34 bits per heavy atom. The second-order valence-corrected chi connectivity index (χ2v) is 5.97. The van der Waals surface area contributed by atoms with E-state index in [9.17, 15) is 27.6 Å². The molecule has 2 aromatic carbocycles. The molecule has 0 spiro atoms. The van der Waals surface area contributed by atoms with Crippen molar-refractivity contribution in [1.29, 1.82) is 5.26 Å². The van der Waals surface area contributed by atoms with Crippen LogP contribution in [0.1, 0.15) is 11.1 Å². The number of fused-ring (bicyclic) bond motifs is 1. The Kier molecular flexibility index (Phi) is 5.02. The number of carbonyl (C=O) groups is 1. The van der Waals surface area contributed by atoms with E-state index in [-0.39, 0.29) is 34.3 Å². The van der Waals surface area contributed by atoms with Gasteiger partial charge in [-0.1, -0.05) is 0 Å². The Labute approximate surface area is 160 Å². The zero-order chi connectivity index (χ0) is 21.3. The maximum atomic E-state index is 14.6. The van der Waals surface area contributed by atoms with Crippen molar-refractivity contribution >= 4 is 17.1 Å². The van der Waals surface area contributed by atoms with E-state index < -0.39 is 24.0 Å². The van der Waals surface area contributed by atoms with E-state index in [2.05, 4.69) is 15.0 Å². The number of alkyl halides is 3. The van der Waals surface area contributed by atoms with Crippen LogP contribution in [0.4, 0.5) is 22.4 Å². The van der Waals surface area contributed by atoms with Crippen LogP contribution in [0.3, 0.4) is 0 Å². The molecule has 1 heterocycles. The van der Waals surface area contributed by atoms with E-state index >= 15 is 0 Å². The molecule has 0 saturated carbocycles. The predicted octanol–water partition coefficient (Wildman–Crippen LogP) is 3.92. The summed E-state index contributed by atoms with van der Waals surface area (Å²) in [5.74, 6) is -1.72. The molecular weight excluding hydrogens is 396 g/mol. The molecule has 150 valence electrons. The summed E-state index contributed by atoms with van der Waals surface area (Å²) in [4.78, 5) is 15.0.